The molecule has 0 aromatic heterocycles. The molecule has 7 heteroatoms. The number of rotatable bonds is 8. The van der Waals surface area contributed by atoms with Crippen LogP contribution in [0.15, 0.2) is 84.8 Å². The number of nitrogens with one attached hydrogen (secondary N) is 2. The minimum Gasteiger partial charge on any atom is -0.308 e. The fourth-order valence-electron chi connectivity index (χ4n) is 2.23. The van der Waals surface area contributed by atoms with Crippen molar-refractivity contribution in [2.75, 3.05) is 23.7 Å². The number of para-hydroxylation sites is 1. The maximum atomic E-state index is 12.6. The lowest BCUT2D eigenvalue weighted by Crippen LogP contribution is -2.31. The molecule has 0 radical (unpaired) electrons. The third-order valence-corrected chi connectivity index (χ3v) is 5.29. The standard InChI is InChI=1S/C19H21N3O3S/c1-3-14-22(15-4-2)26(24,25)18-12-10-17(11-13-18)21-19(23)20-16-8-6-5-7-9-16/h3-13H,1-2,14-15H2,(H2,20,21,23). The van der Waals surface area contributed by atoms with Crippen LogP contribution < -0.4 is 10.6 Å². The molecule has 26 heavy (non-hydrogen) atoms. The first kappa shape index (κ1) is 19.4. The Balaban J connectivity index is 2.08. The number of hydrogen-bond acceptors (Lipinski definition) is 3. The highest BCUT2D eigenvalue weighted by molar-refractivity contribution is 7.89. The zero-order valence-corrected chi connectivity index (χ0v) is 15.1. The number of benzene rings is 2. The smallest absolute Gasteiger partial charge is 0.308 e. The summed E-state index contributed by atoms with van der Waals surface area (Å²) in [5, 5.41) is 5.35. The van der Waals surface area contributed by atoms with Crippen molar-refractivity contribution in [2.45, 2.75) is 4.90 Å². The van der Waals surface area contributed by atoms with Crippen molar-refractivity contribution >= 4 is 27.4 Å². The molecule has 2 aromatic carbocycles. The maximum absolute atomic E-state index is 12.6. The molecule has 0 saturated carbocycles. The predicted molar refractivity (Wildman–Crippen MR) is 105 cm³/mol. The maximum Gasteiger partial charge on any atom is 0.323 e. The van der Waals surface area contributed by atoms with Crippen molar-refractivity contribution in [3.8, 4) is 0 Å². The van der Waals surface area contributed by atoms with Gasteiger partial charge in [-0.05, 0) is 36.4 Å². The molecule has 136 valence electrons. The molecule has 0 heterocycles. The van der Waals surface area contributed by atoms with Gasteiger partial charge in [0.2, 0.25) is 10.0 Å². The number of amides is 2. The van der Waals surface area contributed by atoms with Gasteiger partial charge in [-0.3, -0.25) is 0 Å². The first-order valence-corrected chi connectivity index (χ1v) is 9.36. The Morgan fingerprint density at radius 1 is 0.885 bits per heavy atom. The van der Waals surface area contributed by atoms with Crippen LogP contribution in [0.2, 0.25) is 0 Å². The van der Waals surface area contributed by atoms with Gasteiger partial charge >= 0.3 is 6.03 Å². The van der Waals surface area contributed by atoms with Crippen LogP contribution in [0.1, 0.15) is 0 Å². The monoisotopic (exact) mass is 371 g/mol. The van der Waals surface area contributed by atoms with Crippen molar-refractivity contribution in [3.63, 3.8) is 0 Å². The molecular formula is C19H21N3O3S. The van der Waals surface area contributed by atoms with Gasteiger partial charge in [-0.25, -0.2) is 13.2 Å². The first-order chi connectivity index (χ1) is 12.5. The van der Waals surface area contributed by atoms with E-state index in [4.69, 9.17) is 0 Å². The molecule has 0 saturated heterocycles. The lowest BCUT2D eigenvalue weighted by Gasteiger charge is -2.19. The molecule has 0 spiro atoms. The van der Waals surface area contributed by atoms with E-state index in [-0.39, 0.29) is 18.0 Å². The van der Waals surface area contributed by atoms with Crippen molar-refractivity contribution in [1.29, 1.82) is 0 Å². The van der Waals surface area contributed by atoms with Crippen LogP contribution in [0, 0.1) is 0 Å². The van der Waals surface area contributed by atoms with Crippen LogP contribution in [-0.2, 0) is 10.0 Å². The fourth-order valence-corrected chi connectivity index (χ4v) is 3.61. The van der Waals surface area contributed by atoms with Crippen LogP contribution in [-0.4, -0.2) is 31.8 Å². The lowest BCUT2D eigenvalue weighted by atomic mass is 10.3. The van der Waals surface area contributed by atoms with Crippen molar-refractivity contribution < 1.29 is 13.2 Å². The van der Waals surface area contributed by atoms with Crippen LogP contribution >= 0.6 is 0 Å². The van der Waals surface area contributed by atoms with E-state index >= 15 is 0 Å². The molecule has 0 aliphatic heterocycles. The summed E-state index contributed by atoms with van der Waals surface area (Å²) in [6.07, 6.45) is 3.04. The number of carbonyl (C=O) groups excluding carboxylic acids is 1. The highest BCUT2D eigenvalue weighted by Crippen LogP contribution is 2.19. The Kier molecular flexibility index (Phi) is 6.71. The molecular weight excluding hydrogens is 350 g/mol. The molecule has 0 atom stereocenters. The van der Waals surface area contributed by atoms with Gasteiger partial charge < -0.3 is 10.6 Å². The van der Waals surface area contributed by atoms with E-state index in [1.807, 2.05) is 18.2 Å². The molecule has 0 fully saturated rings. The molecule has 6 nitrogen and oxygen atoms in total. The highest BCUT2D eigenvalue weighted by Gasteiger charge is 2.22. The molecule has 0 aliphatic carbocycles. The van der Waals surface area contributed by atoms with Gasteiger partial charge in [-0.2, -0.15) is 4.31 Å². The zero-order chi connectivity index (χ0) is 19.0. The molecule has 2 N–H and O–H groups in total. The number of hydrogen-bond donors (Lipinski definition) is 2. The summed E-state index contributed by atoms with van der Waals surface area (Å²) in [5.41, 5.74) is 1.14. The van der Waals surface area contributed by atoms with E-state index in [0.717, 1.165) is 0 Å². The van der Waals surface area contributed by atoms with E-state index in [1.54, 1.807) is 12.1 Å². The molecule has 2 amide bonds. The SMILES string of the molecule is C=CCN(CC=C)S(=O)(=O)c1ccc(NC(=O)Nc2ccccc2)cc1. The summed E-state index contributed by atoms with van der Waals surface area (Å²) in [6, 6.07) is 14.6. The van der Waals surface area contributed by atoms with Gasteiger partial charge in [-0.1, -0.05) is 30.4 Å². The Labute approximate surface area is 153 Å². The average molecular weight is 371 g/mol. The van der Waals surface area contributed by atoms with Gasteiger partial charge in [0.05, 0.1) is 4.90 Å². The third kappa shape index (κ3) is 5.05. The second-order valence-corrected chi connectivity index (χ2v) is 7.31. The quantitative estimate of drug-likeness (QED) is 0.695. The minimum absolute atomic E-state index is 0.134. The largest absolute Gasteiger partial charge is 0.323 e. The molecule has 0 bridgehead atoms. The van der Waals surface area contributed by atoms with Crippen molar-refractivity contribution in [1.82, 2.24) is 4.31 Å². The van der Waals surface area contributed by atoms with Gasteiger partial charge in [0.15, 0.2) is 0 Å². The van der Waals surface area contributed by atoms with Crippen LogP contribution in [0.4, 0.5) is 16.2 Å². The number of anilines is 2. The van der Waals surface area contributed by atoms with Crippen LogP contribution in [0.3, 0.4) is 0 Å². The Hall–Kier alpha value is -2.90. The number of nitrogens with zero attached hydrogens (tertiary/aromatic N) is 1. The summed E-state index contributed by atoms with van der Waals surface area (Å²) in [5.74, 6) is 0. The lowest BCUT2D eigenvalue weighted by molar-refractivity contribution is 0.262. The number of carbonyl (C=O) groups is 1. The van der Waals surface area contributed by atoms with Crippen molar-refractivity contribution in [2.24, 2.45) is 0 Å². The molecule has 2 rings (SSSR count). The van der Waals surface area contributed by atoms with Gasteiger partial charge in [0.1, 0.15) is 0 Å². The minimum atomic E-state index is -3.66. The summed E-state index contributed by atoms with van der Waals surface area (Å²) < 4.78 is 26.5. The Morgan fingerprint density at radius 3 is 1.88 bits per heavy atom. The fraction of sp³-hybridized carbons (Fsp3) is 0.105. The van der Waals surface area contributed by atoms with Crippen LogP contribution in [0.5, 0.6) is 0 Å². The van der Waals surface area contributed by atoms with Gasteiger partial charge in [0, 0.05) is 24.5 Å². The average Bonchev–Trinajstić information content (AvgIpc) is 2.62. The van der Waals surface area contributed by atoms with Gasteiger partial charge in [0.25, 0.3) is 0 Å². The summed E-state index contributed by atoms with van der Waals surface area (Å²) in [7, 11) is -3.66. The second-order valence-electron chi connectivity index (χ2n) is 5.37. The second kappa shape index (κ2) is 8.98. The molecule has 2 aromatic rings. The summed E-state index contributed by atoms with van der Waals surface area (Å²) >= 11 is 0. The van der Waals surface area contributed by atoms with E-state index in [1.165, 1.54) is 40.7 Å². The normalized spacial score (nSPS) is 11.0. The third-order valence-electron chi connectivity index (χ3n) is 3.45. The van der Waals surface area contributed by atoms with E-state index in [9.17, 15) is 13.2 Å². The first-order valence-electron chi connectivity index (χ1n) is 7.92. The predicted octanol–water partition coefficient (Wildman–Crippen LogP) is 3.69. The molecule has 0 unspecified atom stereocenters. The summed E-state index contributed by atoms with van der Waals surface area (Å²) in [4.78, 5) is 12.1. The Morgan fingerprint density at radius 2 is 1.38 bits per heavy atom. The number of urea groups is 1. The zero-order valence-electron chi connectivity index (χ0n) is 14.3. The van der Waals surface area contributed by atoms with Crippen molar-refractivity contribution in [3.05, 3.63) is 79.9 Å². The number of sulfonamides is 1. The Bertz CT molecular complexity index is 853. The van der Waals surface area contributed by atoms with E-state index in [2.05, 4.69) is 23.8 Å². The van der Waals surface area contributed by atoms with Gasteiger partial charge in [-0.15, -0.1) is 13.2 Å². The topological polar surface area (TPSA) is 78.5 Å². The van der Waals surface area contributed by atoms with E-state index < -0.39 is 16.1 Å². The highest BCUT2D eigenvalue weighted by atomic mass is 32.2. The van der Waals surface area contributed by atoms with Crippen LogP contribution in [0.25, 0.3) is 0 Å². The molecule has 0 aliphatic rings. The van der Waals surface area contributed by atoms with E-state index in [0.29, 0.717) is 11.4 Å². The summed E-state index contributed by atoms with van der Waals surface area (Å²) in [6.45, 7) is 7.53.